The summed E-state index contributed by atoms with van der Waals surface area (Å²) in [6, 6.07) is 5.95. The third-order valence-electron chi connectivity index (χ3n) is 3.25. The van der Waals surface area contributed by atoms with Crippen molar-refractivity contribution in [3.05, 3.63) is 28.8 Å². The normalized spacial score (nSPS) is 16.9. The van der Waals surface area contributed by atoms with Crippen molar-refractivity contribution in [1.82, 2.24) is 4.90 Å². The van der Waals surface area contributed by atoms with Gasteiger partial charge in [-0.25, -0.2) is 0 Å². The average Bonchev–Trinajstić information content (AvgIpc) is 2.30. The fourth-order valence-electron chi connectivity index (χ4n) is 2.18. The molecule has 1 aromatic rings. The number of nitrogens with zero attached hydrogens (tertiary/aromatic N) is 2. The van der Waals surface area contributed by atoms with Crippen LogP contribution in [0.15, 0.2) is 18.2 Å². The summed E-state index contributed by atoms with van der Waals surface area (Å²) in [5, 5.41) is 8.04. The third-order valence-corrected chi connectivity index (χ3v) is 3.55. The summed E-state index contributed by atoms with van der Waals surface area (Å²) >= 11 is 6.32. The van der Waals surface area contributed by atoms with Crippen LogP contribution in [0, 0.1) is 5.41 Å². The molecule has 0 atom stereocenters. The fourth-order valence-corrected chi connectivity index (χ4v) is 2.51. The Morgan fingerprint density at radius 3 is 2.56 bits per heavy atom. The number of hydrogen-bond donors (Lipinski definition) is 2. The minimum absolute atomic E-state index is 0.165. The van der Waals surface area contributed by atoms with E-state index in [1.807, 2.05) is 18.2 Å². The van der Waals surface area contributed by atoms with Crippen molar-refractivity contribution in [2.45, 2.75) is 6.42 Å². The molecule has 0 unspecified atom stereocenters. The number of benzene rings is 1. The Labute approximate surface area is 113 Å². The summed E-state index contributed by atoms with van der Waals surface area (Å²) in [5.74, 6) is 0.165. The molecule has 0 radical (unpaired) electrons. The summed E-state index contributed by atoms with van der Waals surface area (Å²) < 4.78 is 0. The van der Waals surface area contributed by atoms with Gasteiger partial charge in [-0.3, -0.25) is 5.41 Å². The zero-order valence-electron chi connectivity index (χ0n) is 10.6. The topological polar surface area (TPSA) is 56.4 Å². The maximum absolute atomic E-state index is 7.29. The van der Waals surface area contributed by atoms with Gasteiger partial charge in [-0.15, -0.1) is 0 Å². The highest BCUT2D eigenvalue weighted by Crippen LogP contribution is 2.27. The molecule has 0 amide bonds. The van der Waals surface area contributed by atoms with E-state index in [4.69, 9.17) is 22.7 Å². The minimum Gasteiger partial charge on any atom is -0.387 e. The first-order valence-electron chi connectivity index (χ1n) is 6.11. The quantitative estimate of drug-likeness (QED) is 0.645. The molecule has 4 nitrogen and oxygen atoms in total. The lowest BCUT2D eigenvalue weighted by atomic mass is 10.1. The number of piperazine rings is 1. The summed E-state index contributed by atoms with van der Waals surface area (Å²) in [7, 11) is 2.13. The lowest BCUT2D eigenvalue weighted by Gasteiger charge is -2.34. The van der Waals surface area contributed by atoms with Gasteiger partial charge in [0.15, 0.2) is 0 Å². The van der Waals surface area contributed by atoms with Gasteiger partial charge in [0.1, 0.15) is 0 Å². The molecule has 1 fully saturated rings. The van der Waals surface area contributed by atoms with Crippen LogP contribution in [-0.4, -0.2) is 44.0 Å². The average molecular weight is 267 g/mol. The zero-order chi connectivity index (χ0) is 13.1. The van der Waals surface area contributed by atoms with Crippen LogP contribution in [0.1, 0.15) is 5.56 Å². The first-order valence-corrected chi connectivity index (χ1v) is 6.49. The van der Waals surface area contributed by atoms with E-state index in [1.165, 1.54) is 0 Å². The zero-order valence-corrected chi connectivity index (χ0v) is 11.4. The number of anilines is 1. The van der Waals surface area contributed by atoms with Crippen molar-refractivity contribution < 1.29 is 0 Å². The second kappa shape index (κ2) is 5.59. The van der Waals surface area contributed by atoms with Crippen LogP contribution in [0.3, 0.4) is 0 Å². The van der Waals surface area contributed by atoms with Crippen molar-refractivity contribution in [2.24, 2.45) is 5.73 Å². The van der Waals surface area contributed by atoms with Crippen LogP contribution in [0.4, 0.5) is 5.69 Å². The highest BCUT2D eigenvalue weighted by molar-refractivity contribution is 6.33. The predicted octanol–water partition coefficient (Wildman–Crippen LogP) is 1.57. The van der Waals surface area contributed by atoms with Gasteiger partial charge < -0.3 is 15.5 Å². The Bertz CT molecular complexity index is 439. The van der Waals surface area contributed by atoms with E-state index in [0.717, 1.165) is 42.5 Å². The SMILES string of the molecule is CN1CCN(c2ccc(CC(=N)N)cc2Cl)CC1. The molecule has 18 heavy (non-hydrogen) atoms. The van der Waals surface area contributed by atoms with Crippen molar-refractivity contribution in [3.8, 4) is 0 Å². The van der Waals surface area contributed by atoms with Crippen LogP contribution >= 0.6 is 11.6 Å². The number of amidine groups is 1. The van der Waals surface area contributed by atoms with E-state index in [1.54, 1.807) is 0 Å². The van der Waals surface area contributed by atoms with Crippen molar-refractivity contribution >= 4 is 23.1 Å². The summed E-state index contributed by atoms with van der Waals surface area (Å²) in [5.41, 5.74) is 7.47. The first kappa shape index (κ1) is 13.2. The third kappa shape index (κ3) is 3.15. The highest BCUT2D eigenvalue weighted by atomic mass is 35.5. The number of nitrogens with one attached hydrogen (secondary N) is 1. The number of halogens is 1. The Kier molecular flexibility index (Phi) is 4.09. The van der Waals surface area contributed by atoms with Crippen LogP contribution in [0.2, 0.25) is 5.02 Å². The molecule has 5 heteroatoms. The molecule has 0 spiro atoms. The molecule has 1 saturated heterocycles. The molecular formula is C13H19ClN4. The largest absolute Gasteiger partial charge is 0.387 e. The van der Waals surface area contributed by atoms with E-state index >= 15 is 0 Å². The highest BCUT2D eigenvalue weighted by Gasteiger charge is 2.16. The standard InChI is InChI=1S/C13H19ClN4/c1-17-4-6-18(7-5-17)12-3-2-10(8-11(12)14)9-13(15)16/h2-3,8H,4-7,9H2,1H3,(H3,15,16). The van der Waals surface area contributed by atoms with Crippen LogP contribution in [0.25, 0.3) is 0 Å². The van der Waals surface area contributed by atoms with Crippen LogP contribution in [-0.2, 0) is 6.42 Å². The van der Waals surface area contributed by atoms with Crippen molar-refractivity contribution in [2.75, 3.05) is 38.1 Å². The summed E-state index contributed by atoms with van der Waals surface area (Å²) in [6.07, 6.45) is 0.461. The molecule has 0 aromatic heterocycles. The van der Waals surface area contributed by atoms with E-state index in [9.17, 15) is 0 Å². The monoisotopic (exact) mass is 266 g/mol. The Balaban J connectivity index is 2.12. The van der Waals surface area contributed by atoms with Crippen LogP contribution in [0.5, 0.6) is 0 Å². The van der Waals surface area contributed by atoms with Gasteiger partial charge in [0.05, 0.1) is 16.5 Å². The maximum Gasteiger partial charge on any atom is 0.0950 e. The van der Waals surface area contributed by atoms with Gasteiger partial charge in [-0.2, -0.15) is 0 Å². The van der Waals surface area contributed by atoms with Gasteiger partial charge >= 0.3 is 0 Å². The molecule has 1 aliphatic rings. The van der Waals surface area contributed by atoms with Gasteiger partial charge in [0.2, 0.25) is 0 Å². The van der Waals surface area contributed by atoms with E-state index in [-0.39, 0.29) is 5.84 Å². The molecule has 0 bridgehead atoms. The number of rotatable bonds is 3. The minimum atomic E-state index is 0.165. The fraction of sp³-hybridized carbons (Fsp3) is 0.462. The van der Waals surface area contributed by atoms with Gasteiger partial charge in [0, 0.05) is 32.6 Å². The molecule has 3 N–H and O–H groups in total. The molecule has 1 heterocycles. The molecule has 2 rings (SSSR count). The van der Waals surface area contributed by atoms with Gasteiger partial charge in [0.25, 0.3) is 0 Å². The van der Waals surface area contributed by atoms with E-state index < -0.39 is 0 Å². The van der Waals surface area contributed by atoms with E-state index in [0.29, 0.717) is 6.42 Å². The van der Waals surface area contributed by atoms with Gasteiger partial charge in [-0.05, 0) is 24.7 Å². The molecule has 0 aliphatic carbocycles. The number of hydrogen-bond acceptors (Lipinski definition) is 3. The van der Waals surface area contributed by atoms with Crippen LogP contribution < -0.4 is 10.6 Å². The number of nitrogens with two attached hydrogens (primary N) is 1. The maximum atomic E-state index is 7.29. The van der Waals surface area contributed by atoms with Crippen molar-refractivity contribution in [1.29, 1.82) is 5.41 Å². The van der Waals surface area contributed by atoms with E-state index in [2.05, 4.69) is 16.8 Å². The Morgan fingerprint density at radius 1 is 1.33 bits per heavy atom. The molecule has 1 aromatic carbocycles. The smallest absolute Gasteiger partial charge is 0.0950 e. The lowest BCUT2D eigenvalue weighted by Crippen LogP contribution is -2.44. The van der Waals surface area contributed by atoms with Gasteiger partial charge in [-0.1, -0.05) is 17.7 Å². The second-order valence-corrected chi connectivity index (χ2v) is 5.19. The Morgan fingerprint density at radius 2 is 2.00 bits per heavy atom. The lowest BCUT2D eigenvalue weighted by molar-refractivity contribution is 0.313. The molecule has 0 saturated carbocycles. The first-order chi connectivity index (χ1) is 8.56. The number of likely N-dealkylation sites (N-methyl/N-ethyl adjacent to an activating group) is 1. The van der Waals surface area contributed by atoms with Crippen molar-refractivity contribution in [3.63, 3.8) is 0 Å². The molecular weight excluding hydrogens is 248 g/mol. The summed E-state index contributed by atoms with van der Waals surface area (Å²) in [4.78, 5) is 4.62. The molecule has 98 valence electrons. The Hall–Kier alpha value is -1.26. The summed E-state index contributed by atoms with van der Waals surface area (Å²) in [6.45, 7) is 4.13. The second-order valence-electron chi connectivity index (χ2n) is 4.78. The molecule has 1 aliphatic heterocycles. The predicted molar refractivity (Wildman–Crippen MR) is 76.8 cm³/mol.